The number of sulfonamides is 1. The number of hydrogen-bond donors (Lipinski definition) is 3. The van der Waals surface area contributed by atoms with E-state index >= 15 is 0 Å². The molecule has 0 amide bonds. The van der Waals surface area contributed by atoms with E-state index in [2.05, 4.69) is 25.3 Å². The van der Waals surface area contributed by atoms with Crippen molar-refractivity contribution < 1.29 is 8.42 Å². The zero-order valence-corrected chi connectivity index (χ0v) is 21.1. The van der Waals surface area contributed by atoms with Crippen molar-refractivity contribution in [3.63, 3.8) is 0 Å². The highest BCUT2D eigenvalue weighted by atomic mass is 32.2. The Labute approximate surface area is 202 Å². The standard InChI is InChI=1S/C26H33N5O2S/c1-17-14-19(3)24(15-18(17)2)34(32,33)31-23-12-10-22(11-13-23)30-26-16-25(27-20(4)28-26)29-21-8-6-5-7-9-21/h10-16,21,31H,5-9H2,1-4H3,(H2,27,28,29,30). The highest BCUT2D eigenvalue weighted by Gasteiger charge is 2.18. The van der Waals surface area contributed by atoms with Crippen LogP contribution in [0.15, 0.2) is 47.4 Å². The first-order chi connectivity index (χ1) is 16.2. The second-order valence-corrected chi connectivity index (χ2v) is 10.8. The number of hydrogen-bond acceptors (Lipinski definition) is 6. The van der Waals surface area contributed by atoms with Crippen LogP contribution in [0, 0.1) is 27.7 Å². The molecule has 1 fully saturated rings. The second-order valence-electron chi connectivity index (χ2n) is 9.17. The van der Waals surface area contributed by atoms with Crippen LogP contribution in [0.1, 0.15) is 54.6 Å². The molecule has 2 aromatic carbocycles. The molecule has 0 spiro atoms. The van der Waals surface area contributed by atoms with E-state index in [0.29, 0.717) is 28.3 Å². The topological polar surface area (TPSA) is 96.0 Å². The van der Waals surface area contributed by atoms with Crippen molar-refractivity contribution in [2.75, 3.05) is 15.4 Å². The van der Waals surface area contributed by atoms with Crippen molar-refractivity contribution in [3.8, 4) is 0 Å². The maximum Gasteiger partial charge on any atom is 0.262 e. The van der Waals surface area contributed by atoms with Crippen LogP contribution in [0.25, 0.3) is 0 Å². The van der Waals surface area contributed by atoms with Crippen LogP contribution in [0.2, 0.25) is 0 Å². The lowest BCUT2D eigenvalue weighted by Gasteiger charge is -2.23. The van der Waals surface area contributed by atoms with E-state index in [1.807, 2.05) is 52.0 Å². The van der Waals surface area contributed by atoms with Gasteiger partial charge >= 0.3 is 0 Å². The Balaban J connectivity index is 1.45. The van der Waals surface area contributed by atoms with E-state index in [1.165, 1.54) is 32.1 Å². The molecule has 34 heavy (non-hydrogen) atoms. The summed E-state index contributed by atoms with van der Waals surface area (Å²) in [7, 11) is -3.68. The highest BCUT2D eigenvalue weighted by molar-refractivity contribution is 7.92. The monoisotopic (exact) mass is 479 g/mol. The molecule has 180 valence electrons. The third kappa shape index (κ3) is 5.86. The fourth-order valence-corrected chi connectivity index (χ4v) is 5.74. The third-order valence-electron chi connectivity index (χ3n) is 6.29. The maximum atomic E-state index is 12.9. The van der Waals surface area contributed by atoms with Crippen LogP contribution in [0.3, 0.4) is 0 Å². The fourth-order valence-electron chi connectivity index (χ4n) is 4.36. The molecular weight excluding hydrogens is 446 g/mol. The molecular formula is C26H33N5O2S. The van der Waals surface area contributed by atoms with Gasteiger partial charge in [-0.25, -0.2) is 18.4 Å². The molecule has 3 aromatic rings. The molecule has 1 aliphatic rings. The number of benzene rings is 2. The third-order valence-corrected chi connectivity index (χ3v) is 7.81. The molecule has 1 aromatic heterocycles. The van der Waals surface area contributed by atoms with Crippen LogP contribution >= 0.6 is 0 Å². The Morgan fingerprint density at radius 1 is 0.765 bits per heavy atom. The SMILES string of the molecule is Cc1nc(Nc2ccc(NS(=O)(=O)c3cc(C)c(C)cc3C)cc2)cc(NC2CCCCC2)n1. The predicted molar refractivity (Wildman–Crippen MR) is 138 cm³/mol. The quantitative estimate of drug-likeness (QED) is 0.385. The summed E-state index contributed by atoms with van der Waals surface area (Å²) in [6, 6.07) is 13.1. The van der Waals surface area contributed by atoms with Crippen molar-refractivity contribution in [2.45, 2.75) is 70.7 Å². The molecule has 0 radical (unpaired) electrons. The number of aromatic nitrogens is 2. The van der Waals surface area contributed by atoms with E-state index in [0.717, 1.165) is 28.2 Å². The van der Waals surface area contributed by atoms with Crippen molar-refractivity contribution in [1.82, 2.24) is 9.97 Å². The largest absolute Gasteiger partial charge is 0.367 e. The first kappa shape index (κ1) is 24.0. The molecule has 1 saturated carbocycles. The lowest BCUT2D eigenvalue weighted by Crippen LogP contribution is -2.23. The summed E-state index contributed by atoms with van der Waals surface area (Å²) in [6.07, 6.45) is 6.16. The van der Waals surface area contributed by atoms with Gasteiger partial charge in [0.15, 0.2) is 0 Å². The van der Waals surface area contributed by atoms with Gasteiger partial charge in [0, 0.05) is 23.5 Å². The molecule has 0 unspecified atom stereocenters. The van der Waals surface area contributed by atoms with E-state index in [1.54, 1.807) is 18.2 Å². The Kier molecular flexibility index (Phi) is 7.07. The minimum Gasteiger partial charge on any atom is -0.367 e. The Hall–Kier alpha value is -3.13. The van der Waals surface area contributed by atoms with E-state index < -0.39 is 10.0 Å². The summed E-state index contributed by atoms with van der Waals surface area (Å²) in [4.78, 5) is 9.33. The fraction of sp³-hybridized carbons (Fsp3) is 0.385. The minimum atomic E-state index is -3.68. The molecule has 0 saturated heterocycles. The summed E-state index contributed by atoms with van der Waals surface area (Å²) in [5.74, 6) is 2.22. The molecule has 0 atom stereocenters. The smallest absolute Gasteiger partial charge is 0.262 e. The van der Waals surface area contributed by atoms with Crippen molar-refractivity contribution in [1.29, 1.82) is 0 Å². The molecule has 7 nitrogen and oxygen atoms in total. The Morgan fingerprint density at radius 3 is 2.09 bits per heavy atom. The molecule has 1 heterocycles. The minimum absolute atomic E-state index is 0.298. The molecule has 3 N–H and O–H groups in total. The summed E-state index contributed by atoms with van der Waals surface area (Å²) >= 11 is 0. The number of nitrogens with one attached hydrogen (secondary N) is 3. The number of aryl methyl sites for hydroxylation is 4. The lowest BCUT2D eigenvalue weighted by molar-refractivity contribution is 0.462. The zero-order valence-electron chi connectivity index (χ0n) is 20.3. The average molecular weight is 480 g/mol. The van der Waals surface area contributed by atoms with Gasteiger partial charge in [-0.05, 0) is 87.6 Å². The van der Waals surface area contributed by atoms with Gasteiger partial charge in [0.2, 0.25) is 0 Å². The number of nitrogens with zero attached hydrogens (tertiary/aromatic N) is 2. The van der Waals surface area contributed by atoms with Gasteiger partial charge < -0.3 is 10.6 Å². The molecule has 0 bridgehead atoms. The van der Waals surface area contributed by atoms with Crippen LogP contribution < -0.4 is 15.4 Å². The second kappa shape index (κ2) is 10.0. The van der Waals surface area contributed by atoms with Gasteiger partial charge in [-0.15, -0.1) is 0 Å². The first-order valence-electron chi connectivity index (χ1n) is 11.8. The summed E-state index contributed by atoms with van der Waals surface area (Å²) in [5.41, 5.74) is 4.06. The average Bonchev–Trinajstić information content (AvgIpc) is 2.77. The number of anilines is 4. The lowest BCUT2D eigenvalue weighted by atomic mass is 9.95. The van der Waals surface area contributed by atoms with Gasteiger partial charge in [-0.1, -0.05) is 25.3 Å². The molecule has 4 rings (SSSR count). The van der Waals surface area contributed by atoms with Gasteiger partial charge in [-0.2, -0.15) is 0 Å². The molecule has 8 heteroatoms. The van der Waals surface area contributed by atoms with Gasteiger partial charge in [-0.3, -0.25) is 4.72 Å². The molecule has 1 aliphatic carbocycles. The van der Waals surface area contributed by atoms with Crippen molar-refractivity contribution >= 4 is 33.0 Å². The van der Waals surface area contributed by atoms with E-state index in [9.17, 15) is 8.42 Å². The molecule has 0 aliphatic heterocycles. The van der Waals surface area contributed by atoms with Crippen molar-refractivity contribution in [3.05, 3.63) is 65.0 Å². The van der Waals surface area contributed by atoms with Crippen LogP contribution in [0.5, 0.6) is 0 Å². The highest BCUT2D eigenvalue weighted by Crippen LogP contribution is 2.26. The Bertz CT molecular complexity index is 1270. The first-order valence-corrected chi connectivity index (χ1v) is 13.3. The van der Waals surface area contributed by atoms with Crippen molar-refractivity contribution in [2.24, 2.45) is 0 Å². The zero-order chi connectivity index (χ0) is 24.3. The number of rotatable bonds is 7. The maximum absolute atomic E-state index is 12.9. The van der Waals surface area contributed by atoms with E-state index in [-0.39, 0.29) is 0 Å². The van der Waals surface area contributed by atoms with E-state index in [4.69, 9.17) is 0 Å². The summed E-state index contributed by atoms with van der Waals surface area (Å²) in [5, 5.41) is 6.84. The Morgan fingerprint density at radius 2 is 1.38 bits per heavy atom. The van der Waals surface area contributed by atoms with Gasteiger partial charge in [0.05, 0.1) is 4.90 Å². The normalized spacial score (nSPS) is 14.6. The van der Waals surface area contributed by atoms with Gasteiger partial charge in [0.25, 0.3) is 10.0 Å². The summed E-state index contributed by atoms with van der Waals surface area (Å²) < 4.78 is 28.6. The van der Waals surface area contributed by atoms with Crippen LogP contribution in [-0.4, -0.2) is 24.4 Å². The van der Waals surface area contributed by atoms with Crippen LogP contribution in [-0.2, 0) is 10.0 Å². The summed E-state index contributed by atoms with van der Waals surface area (Å²) in [6.45, 7) is 7.59. The van der Waals surface area contributed by atoms with Gasteiger partial charge in [0.1, 0.15) is 17.5 Å². The predicted octanol–water partition coefficient (Wildman–Crippen LogP) is 6.00. The van der Waals surface area contributed by atoms with Crippen LogP contribution in [0.4, 0.5) is 23.0 Å².